The predicted molar refractivity (Wildman–Crippen MR) is 30.5 cm³/mol. The van der Waals surface area contributed by atoms with Crippen LogP contribution >= 0.6 is 0 Å². The molecule has 0 rings (SSSR count). The first-order valence-corrected chi connectivity index (χ1v) is 2.29. The summed E-state index contributed by atoms with van der Waals surface area (Å²) in [5.74, 6) is 0. The molecular formula is C4H13N3. The summed E-state index contributed by atoms with van der Waals surface area (Å²) in [6, 6.07) is 0. The highest BCUT2D eigenvalue weighted by atomic mass is 15.4. The van der Waals surface area contributed by atoms with Crippen molar-refractivity contribution in [2.24, 2.45) is 5.73 Å². The number of hydrazine groups is 1. The molecule has 4 N–H and O–H groups in total. The Balaban J connectivity index is 3.15. The SMILES string of the molecule is CNNC(C)(C)N. The molecule has 0 bridgehead atoms. The normalized spacial score (nSPS) is 12.0. The Morgan fingerprint density at radius 1 is 1.43 bits per heavy atom. The van der Waals surface area contributed by atoms with Crippen LogP contribution in [0.15, 0.2) is 0 Å². The Morgan fingerprint density at radius 2 is 1.86 bits per heavy atom. The van der Waals surface area contributed by atoms with Gasteiger partial charge in [0.2, 0.25) is 0 Å². The lowest BCUT2D eigenvalue weighted by Gasteiger charge is -2.18. The number of hydrogen-bond acceptors (Lipinski definition) is 3. The molecule has 0 amide bonds. The molecule has 0 aliphatic rings. The molecule has 3 heteroatoms. The summed E-state index contributed by atoms with van der Waals surface area (Å²) in [7, 11) is 1.79. The highest BCUT2D eigenvalue weighted by Gasteiger charge is 2.04. The van der Waals surface area contributed by atoms with Crippen molar-refractivity contribution in [3.05, 3.63) is 0 Å². The summed E-state index contributed by atoms with van der Waals surface area (Å²) in [4.78, 5) is 0. The highest BCUT2D eigenvalue weighted by Crippen LogP contribution is 1.83. The molecule has 7 heavy (non-hydrogen) atoms. The van der Waals surface area contributed by atoms with Gasteiger partial charge in [-0.3, -0.25) is 5.43 Å². The quantitative estimate of drug-likeness (QED) is 0.323. The van der Waals surface area contributed by atoms with Gasteiger partial charge in [-0.05, 0) is 20.9 Å². The third kappa shape index (κ3) is 5.88. The fourth-order valence-corrected chi connectivity index (χ4v) is 0.322. The molecule has 0 aliphatic heterocycles. The van der Waals surface area contributed by atoms with Crippen molar-refractivity contribution in [1.82, 2.24) is 10.9 Å². The van der Waals surface area contributed by atoms with Crippen LogP contribution in [0.25, 0.3) is 0 Å². The molecule has 0 unspecified atom stereocenters. The van der Waals surface area contributed by atoms with Gasteiger partial charge in [0.1, 0.15) is 0 Å². The third-order valence-corrected chi connectivity index (χ3v) is 0.447. The zero-order chi connectivity index (χ0) is 5.91. The van der Waals surface area contributed by atoms with Crippen molar-refractivity contribution >= 4 is 0 Å². The second-order valence-electron chi connectivity index (χ2n) is 2.10. The van der Waals surface area contributed by atoms with Gasteiger partial charge in [-0.25, -0.2) is 5.43 Å². The molecule has 0 aliphatic carbocycles. The molecule has 0 spiro atoms. The van der Waals surface area contributed by atoms with Crippen LogP contribution in [-0.4, -0.2) is 12.7 Å². The molecule has 44 valence electrons. The van der Waals surface area contributed by atoms with Crippen LogP contribution in [0.2, 0.25) is 0 Å². The Kier molecular flexibility index (Phi) is 2.22. The highest BCUT2D eigenvalue weighted by molar-refractivity contribution is 4.62. The van der Waals surface area contributed by atoms with Crippen molar-refractivity contribution in [2.45, 2.75) is 19.5 Å². The van der Waals surface area contributed by atoms with Crippen LogP contribution in [0.5, 0.6) is 0 Å². The molecule has 0 fully saturated rings. The maximum Gasteiger partial charge on any atom is 0.0734 e. The first-order valence-electron chi connectivity index (χ1n) is 2.29. The van der Waals surface area contributed by atoms with Crippen LogP contribution in [-0.2, 0) is 0 Å². The second kappa shape index (κ2) is 2.26. The van der Waals surface area contributed by atoms with E-state index in [2.05, 4.69) is 10.9 Å². The van der Waals surface area contributed by atoms with Crippen molar-refractivity contribution in [3.63, 3.8) is 0 Å². The van der Waals surface area contributed by atoms with Crippen LogP contribution in [0.3, 0.4) is 0 Å². The van der Waals surface area contributed by atoms with E-state index in [0.717, 1.165) is 0 Å². The molecule has 0 radical (unpaired) electrons. The average molecular weight is 103 g/mol. The lowest BCUT2D eigenvalue weighted by molar-refractivity contribution is 0.361. The fraction of sp³-hybridized carbons (Fsp3) is 1.00. The van der Waals surface area contributed by atoms with Crippen molar-refractivity contribution in [3.8, 4) is 0 Å². The number of nitrogens with one attached hydrogen (secondary N) is 2. The van der Waals surface area contributed by atoms with Gasteiger partial charge >= 0.3 is 0 Å². The minimum Gasteiger partial charge on any atom is -0.313 e. The van der Waals surface area contributed by atoms with Gasteiger partial charge in [0, 0.05) is 0 Å². The van der Waals surface area contributed by atoms with Crippen molar-refractivity contribution < 1.29 is 0 Å². The number of nitrogens with two attached hydrogens (primary N) is 1. The topological polar surface area (TPSA) is 50.1 Å². The molecular weight excluding hydrogens is 90.1 g/mol. The molecule has 0 heterocycles. The molecule has 0 aromatic rings. The monoisotopic (exact) mass is 103 g/mol. The zero-order valence-corrected chi connectivity index (χ0v) is 5.08. The molecule has 0 aromatic heterocycles. The fourth-order valence-electron chi connectivity index (χ4n) is 0.322. The summed E-state index contributed by atoms with van der Waals surface area (Å²) < 4.78 is 0. The molecule has 0 saturated heterocycles. The van der Waals surface area contributed by atoms with E-state index in [9.17, 15) is 0 Å². The average Bonchev–Trinajstić information content (AvgIpc) is 1.30. The standard InChI is InChI=1S/C4H13N3/c1-4(2,5)7-6-3/h6-7H,5H2,1-3H3. The minimum atomic E-state index is -0.311. The van der Waals surface area contributed by atoms with Gasteiger partial charge in [0.15, 0.2) is 0 Å². The van der Waals surface area contributed by atoms with Gasteiger partial charge in [-0.2, -0.15) is 0 Å². The van der Waals surface area contributed by atoms with E-state index in [4.69, 9.17) is 5.73 Å². The molecule has 0 aromatic carbocycles. The first kappa shape index (κ1) is 6.88. The smallest absolute Gasteiger partial charge is 0.0734 e. The van der Waals surface area contributed by atoms with E-state index in [1.54, 1.807) is 7.05 Å². The summed E-state index contributed by atoms with van der Waals surface area (Å²) in [5.41, 5.74) is 10.7. The zero-order valence-electron chi connectivity index (χ0n) is 5.08. The minimum absolute atomic E-state index is 0.311. The Morgan fingerprint density at radius 3 is 1.86 bits per heavy atom. The lowest BCUT2D eigenvalue weighted by Crippen LogP contribution is -2.53. The number of rotatable bonds is 2. The summed E-state index contributed by atoms with van der Waals surface area (Å²) >= 11 is 0. The van der Waals surface area contributed by atoms with Crippen LogP contribution < -0.4 is 16.6 Å². The van der Waals surface area contributed by atoms with Crippen molar-refractivity contribution in [1.29, 1.82) is 0 Å². The summed E-state index contributed by atoms with van der Waals surface area (Å²) in [5, 5.41) is 0. The van der Waals surface area contributed by atoms with Gasteiger partial charge in [-0.1, -0.05) is 0 Å². The van der Waals surface area contributed by atoms with Crippen LogP contribution in [0, 0.1) is 0 Å². The van der Waals surface area contributed by atoms with E-state index in [-0.39, 0.29) is 5.66 Å². The van der Waals surface area contributed by atoms with E-state index < -0.39 is 0 Å². The maximum absolute atomic E-state index is 5.47. The van der Waals surface area contributed by atoms with Crippen LogP contribution in [0.4, 0.5) is 0 Å². The van der Waals surface area contributed by atoms with Gasteiger partial charge in [0.05, 0.1) is 5.66 Å². The van der Waals surface area contributed by atoms with E-state index in [1.165, 1.54) is 0 Å². The van der Waals surface area contributed by atoms with E-state index in [1.807, 2.05) is 13.8 Å². The largest absolute Gasteiger partial charge is 0.313 e. The summed E-state index contributed by atoms with van der Waals surface area (Å²) in [6.45, 7) is 3.76. The third-order valence-electron chi connectivity index (χ3n) is 0.447. The molecule has 0 atom stereocenters. The predicted octanol–water partition coefficient (Wildman–Crippen LogP) is -0.595. The second-order valence-corrected chi connectivity index (χ2v) is 2.10. The first-order chi connectivity index (χ1) is 3.06. The Bertz CT molecular complexity index is 45.4. The molecule has 0 saturated carbocycles. The van der Waals surface area contributed by atoms with Crippen molar-refractivity contribution in [2.75, 3.05) is 7.05 Å². The Hall–Kier alpha value is -0.120. The number of hydrogen-bond donors (Lipinski definition) is 3. The van der Waals surface area contributed by atoms with Gasteiger partial charge in [-0.15, -0.1) is 0 Å². The Labute approximate surface area is 44.2 Å². The van der Waals surface area contributed by atoms with E-state index in [0.29, 0.717) is 0 Å². The maximum atomic E-state index is 5.47. The van der Waals surface area contributed by atoms with Gasteiger partial charge < -0.3 is 5.73 Å². The van der Waals surface area contributed by atoms with Gasteiger partial charge in [0.25, 0.3) is 0 Å². The lowest BCUT2D eigenvalue weighted by atomic mass is 10.3. The van der Waals surface area contributed by atoms with Crippen LogP contribution in [0.1, 0.15) is 13.8 Å². The summed E-state index contributed by atoms with van der Waals surface area (Å²) in [6.07, 6.45) is 0. The van der Waals surface area contributed by atoms with E-state index >= 15 is 0 Å². The molecule has 3 nitrogen and oxygen atoms in total.